The van der Waals surface area contributed by atoms with Gasteiger partial charge in [-0.15, -0.1) is 0 Å². The summed E-state index contributed by atoms with van der Waals surface area (Å²) in [6.45, 7) is 8.47. The Morgan fingerprint density at radius 3 is 2.76 bits per heavy atom. The zero-order chi connectivity index (χ0) is 26.3. The quantitative estimate of drug-likeness (QED) is 0.385. The number of piperidine rings is 1. The largest absolute Gasteiger partial charge is 0.444 e. The van der Waals surface area contributed by atoms with E-state index in [0.717, 1.165) is 34.4 Å². The fourth-order valence-electron chi connectivity index (χ4n) is 4.38. The summed E-state index contributed by atoms with van der Waals surface area (Å²) in [7, 11) is 0. The fourth-order valence-corrected chi connectivity index (χ4v) is 5.42. The highest BCUT2D eigenvalue weighted by atomic mass is 32.2. The molecule has 1 amide bonds. The number of nitrogens with two attached hydrogens (primary N) is 1. The van der Waals surface area contributed by atoms with Gasteiger partial charge in [-0.05, 0) is 58.7 Å². The number of likely N-dealkylation sites (tertiary alicyclic amines) is 1. The van der Waals surface area contributed by atoms with Crippen molar-refractivity contribution in [3.63, 3.8) is 0 Å². The first-order valence-electron chi connectivity index (χ1n) is 12.2. The molecule has 0 spiro atoms. The predicted molar refractivity (Wildman–Crippen MR) is 140 cm³/mol. The van der Waals surface area contributed by atoms with Gasteiger partial charge in [-0.3, -0.25) is 4.68 Å². The van der Waals surface area contributed by atoms with Gasteiger partial charge in [-0.25, -0.2) is 18.7 Å². The van der Waals surface area contributed by atoms with Crippen LogP contribution in [0, 0.1) is 12.7 Å². The van der Waals surface area contributed by atoms with Crippen molar-refractivity contribution in [3.8, 4) is 11.1 Å². The van der Waals surface area contributed by atoms with E-state index in [-0.39, 0.29) is 18.0 Å². The van der Waals surface area contributed by atoms with E-state index in [4.69, 9.17) is 10.5 Å². The number of nitrogens with zero attached hydrogens (tertiary/aromatic N) is 6. The van der Waals surface area contributed by atoms with E-state index < -0.39 is 5.60 Å². The van der Waals surface area contributed by atoms with Crippen molar-refractivity contribution < 1.29 is 13.9 Å². The molecule has 0 aliphatic carbocycles. The summed E-state index contributed by atoms with van der Waals surface area (Å²) in [5.74, 6) is -0.340. The lowest BCUT2D eigenvalue weighted by atomic mass is 10.1. The van der Waals surface area contributed by atoms with E-state index in [2.05, 4.69) is 15.2 Å². The minimum Gasteiger partial charge on any atom is -0.444 e. The van der Waals surface area contributed by atoms with E-state index in [1.165, 1.54) is 17.8 Å². The van der Waals surface area contributed by atoms with Crippen molar-refractivity contribution in [2.24, 2.45) is 0 Å². The third kappa shape index (κ3) is 5.41. The molecule has 1 unspecified atom stereocenters. The minimum atomic E-state index is -0.532. The number of aryl methyl sites for hydroxylation is 1. The van der Waals surface area contributed by atoms with Gasteiger partial charge < -0.3 is 15.4 Å². The fraction of sp³-hybridized carbons (Fsp3) is 0.385. The molecule has 11 heteroatoms. The number of fused-ring (bicyclic) bond motifs is 1. The Labute approximate surface area is 218 Å². The summed E-state index contributed by atoms with van der Waals surface area (Å²) in [4.78, 5) is 19.6. The molecule has 0 radical (unpaired) electrons. The minimum absolute atomic E-state index is 0.0549. The Hall–Kier alpha value is -3.60. The Morgan fingerprint density at radius 2 is 2.00 bits per heavy atom. The van der Waals surface area contributed by atoms with Gasteiger partial charge in [0.1, 0.15) is 22.0 Å². The van der Waals surface area contributed by atoms with Crippen molar-refractivity contribution in [3.05, 3.63) is 54.5 Å². The average molecular weight is 524 g/mol. The van der Waals surface area contributed by atoms with Crippen molar-refractivity contribution >= 4 is 29.1 Å². The summed E-state index contributed by atoms with van der Waals surface area (Å²) >= 11 is 1.41. The molecule has 5 heterocycles. The maximum atomic E-state index is 13.7. The number of hydrogen-bond donors (Lipinski definition) is 1. The number of hydrogen-bond acceptors (Lipinski definition) is 7. The van der Waals surface area contributed by atoms with Crippen LogP contribution in [0.2, 0.25) is 0 Å². The maximum Gasteiger partial charge on any atom is 0.410 e. The van der Waals surface area contributed by atoms with Gasteiger partial charge in [0.2, 0.25) is 0 Å². The molecule has 1 fully saturated rings. The highest BCUT2D eigenvalue weighted by Crippen LogP contribution is 2.36. The molecule has 1 aliphatic heterocycles. The topological polar surface area (TPSA) is 104 Å². The lowest BCUT2D eigenvalue weighted by Gasteiger charge is -2.34. The summed E-state index contributed by atoms with van der Waals surface area (Å²) < 4.78 is 23.0. The molecule has 194 valence electrons. The number of carbonyl (C=O) groups is 1. The van der Waals surface area contributed by atoms with Gasteiger partial charge in [0, 0.05) is 41.5 Å². The summed E-state index contributed by atoms with van der Waals surface area (Å²) in [5, 5.41) is 9.70. The van der Waals surface area contributed by atoms with E-state index in [1.807, 2.05) is 50.1 Å². The number of anilines is 1. The van der Waals surface area contributed by atoms with Gasteiger partial charge in [-0.1, -0.05) is 11.8 Å². The monoisotopic (exact) mass is 523 g/mol. The second-order valence-corrected chi connectivity index (χ2v) is 11.3. The van der Waals surface area contributed by atoms with Crippen LogP contribution in [0.3, 0.4) is 0 Å². The van der Waals surface area contributed by atoms with Crippen LogP contribution in [0.4, 0.5) is 14.9 Å². The normalized spacial score (nSPS) is 16.4. The molecular weight excluding hydrogens is 493 g/mol. The second-order valence-electron chi connectivity index (χ2n) is 10.2. The van der Waals surface area contributed by atoms with E-state index in [9.17, 15) is 9.18 Å². The molecule has 0 bridgehead atoms. The zero-order valence-corrected chi connectivity index (χ0v) is 22.1. The summed E-state index contributed by atoms with van der Waals surface area (Å²) in [6.07, 6.45) is 8.84. The number of nitrogen functional groups attached to an aromatic ring is 1. The first-order chi connectivity index (χ1) is 17.6. The lowest BCUT2D eigenvalue weighted by Crippen LogP contribution is -2.43. The molecule has 4 aromatic rings. The number of aromatic nitrogens is 5. The average Bonchev–Trinajstić information content (AvgIpc) is 3.48. The van der Waals surface area contributed by atoms with Crippen LogP contribution in [0.15, 0.2) is 52.9 Å². The third-order valence-corrected chi connectivity index (χ3v) is 7.14. The Kier molecular flexibility index (Phi) is 6.57. The van der Waals surface area contributed by atoms with E-state index >= 15 is 0 Å². The Bertz CT molecular complexity index is 1460. The Morgan fingerprint density at radius 1 is 1.19 bits per heavy atom. The molecule has 37 heavy (non-hydrogen) atoms. The molecule has 0 saturated carbocycles. The molecular formula is C26H30FN7O2S. The summed E-state index contributed by atoms with van der Waals surface area (Å²) in [6, 6.07) is 5.15. The number of ether oxygens (including phenoxy) is 1. The van der Waals surface area contributed by atoms with Crippen LogP contribution in [0.1, 0.15) is 45.3 Å². The Balaban J connectivity index is 1.42. The molecule has 2 N–H and O–H groups in total. The second kappa shape index (κ2) is 9.70. The number of amides is 1. The smallest absolute Gasteiger partial charge is 0.410 e. The van der Waals surface area contributed by atoms with Crippen molar-refractivity contribution in [1.82, 2.24) is 29.3 Å². The highest BCUT2D eigenvalue weighted by molar-refractivity contribution is 7.99. The van der Waals surface area contributed by atoms with Crippen LogP contribution in [0.5, 0.6) is 0 Å². The maximum absolute atomic E-state index is 13.7. The van der Waals surface area contributed by atoms with Crippen LogP contribution < -0.4 is 5.73 Å². The van der Waals surface area contributed by atoms with Crippen molar-refractivity contribution in [2.75, 3.05) is 18.8 Å². The summed E-state index contributed by atoms with van der Waals surface area (Å²) in [5.41, 5.74) is 9.16. The lowest BCUT2D eigenvalue weighted by molar-refractivity contribution is 0.0167. The SMILES string of the molecule is Cc1nc(Sc2cc(-c3cnn(C4CCCN(C(=O)OC(C)(C)C)C4)c3)cn3ncc(N)c23)ccc1F. The number of rotatable bonds is 4. The van der Waals surface area contributed by atoms with E-state index in [0.29, 0.717) is 29.5 Å². The number of halogens is 1. The van der Waals surface area contributed by atoms with Crippen LogP contribution >= 0.6 is 11.8 Å². The molecule has 5 rings (SSSR count). The van der Waals surface area contributed by atoms with Gasteiger partial charge >= 0.3 is 6.09 Å². The molecule has 1 atom stereocenters. The first-order valence-corrected chi connectivity index (χ1v) is 13.0. The van der Waals surface area contributed by atoms with Gasteiger partial charge in [0.25, 0.3) is 0 Å². The van der Waals surface area contributed by atoms with E-state index in [1.54, 1.807) is 28.6 Å². The van der Waals surface area contributed by atoms with Gasteiger partial charge in [-0.2, -0.15) is 10.2 Å². The molecule has 0 aromatic carbocycles. The van der Waals surface area contributed by atoms with Crippen LogP contribution in [-0.2, 0) is 4.74 Å². The first kappa shape index (κ1) is 25.1. The molecule has 9 nitrogen and oxygen atoms in total. The van der Waals surface area contributed by atoms with Crippen LogP contribution in [-0.4, -0.2) is 54.1 Å². The van der Waals surface area contributed by atoms with Gasteiger partial charge in [0.15, 0.2) is 0 Å². The predicted octanol–water partition coefficient (Wildman–Crippen LogP) is 5.35. The highest BCUT2D eigenvalue weighted by Gasteiger charge is 2.29. The van der Waals surface area contributed by atoms with Gasteiger partial charge in [0.05, 0.1) is 29.8 Å². The van der Waals surface area contributed by atoms with Crippen molar-refractivity contribution in [1.29, 1.82) is 0 Å². The number of pyridine rings is 2. The molecule has 1 saturated heterocycles. The molecule has 1 aliphatic rings. The van der Waals surface area contributed by atoms with Crippen molar-refractivity contribution in [2.45, 2.75) is 62.1 Å². The third-order valence-electron chi connectivity index (χ3n) is 6.17. The number of carbonyl (C=O) groups excluding carboxylic acids is 1. The molecule has 4 aromatic heterocycles. The standard InChI is InChI=1S/C26H30FN7O2S/c1-16-20(27)7-8-23(31-16)37-22-10-17(13-34-24(22)21(28)12-30-34)18-11-29-33(14-18)19-6-5-9-32(15-19)25(35)36-26(2,3)4/h7-8,10-14,19H,5-6,9,15,28H2,1-4H3. The zero-order valence-electron chi connectivity index (χ0n) is 21.3. The van der Waals surface area contributed by atoms with Crippen LogP contribution in [0.25, 0.3) is 16.6 Å².